The molecule has 2 aliphatic rings. The van der Waals surface area contributed by atoms with E-state index in [1.165, 1.54) is 72.8 Å². The van der Waals surface area contributed by atoms with Crippen LogP contribution >= 0.6 is 0 Å². The second kappa shape index (κ2) is 12.4. The molecule has 0 radical (unpaired) electrons. The van der Waals surface area contributed by atoms with Gasteiger partial charge in [0.2, 0.25) is 0 Å². The molecule has 1 heterocycles. The van der Waals surface area contributed by atoms with Crippen molar-refractivity contribution in [3.05, 3.63) is 160 Å². The molecule has 0 bridgehead atoms. The van der Waals surface area contributed by atoms with Crippen molar-refractivity contribution in [2.75, 3.05) is 0 Å². The normalized spacial score (nSPS) is 20.9. The molecule has 6 aromatic rings. The summed E-state index contributed by atoms with van der Waals surface area (Å²) in [6.45, 7) is 0. The molecule has 0 fully saturated rings. The molecule has 0 saturated carbocycles. The molecule has 1 aliphatic heterocycles. The Balaban J connectivity index is 1.43. The molecule has 9 N–H and O–H groups in total. The van der Waals surface area contributed by atoms with Gasteiger partial charge in [-0.1, -0.05) is 36.4 Å². The molecule has 0 unspecified atom stereocenters. The summed E-state index contributed by atoms with van der Waals surface area (Å²) < 4.78 is 6.61. The van der Waals surface area contributed by atoms with Gasteiger partial charge in [0.05, 0.1) is 12.0 Å². The van der Waals surface area contributed by atoms with Crippen LogP contribution in [0.2, 0.25) is 0 Å². The van der Waals surface area contributed by atoms with Gasteiger partial charge in [0.1, 0.15) is 57.8 Å². The van der Waals surface area contributed by atoms with Gasteiger partial charge >= 0.3 is 0 Å². The Bertz CT molecular complexity index is 2280. The van der Waals surface area contributed by atoms with Gasteiger partial charge < -0.3 is 50.7 Å². The summed E-state index contributed by atoms with van der Waals surface area (Å²) in [5, 5.41) is 97.8. The van der Waals surface area contributed by atoms with Gasteiger partial charge in [0.25, 0.3) is 0 Å². The molecule has 0 spiro atoms. The van der Waals surface area contributed by atoms with Crippen molar-refractivity contribution in [2.45, 2.75) is 35.9 Å². The number of fused-ring (bicyclic) bond motifs is 2. The van der Waals surface area contributed by atoms with Crippen LogP contribution in [-0.4, -0.2) is 46.0 Å². The first-order valence-electron chi connectivity index (χ1n) is 16.6. The lowest BCUT2D eigenvalue weighted by Gasteiger charge is -2.32. The fourth-order valence-corrected chi connectivity index (χ4v) is 8.27. The van der Waals surface area contributed by atoms with E-state index in [9.17, 15) is 46.0 Å². The molecule has 0 aromatic heterocycles. The maximum atomic E-state index is 12.3. The number of phenols is 8. The molecule has 262 valence electrons. The Morgan fingerprint density at radius 3 is 1.58 bits per heavy atom. The minimum Gasteiger partial charge on any atom is -0.508 e. The van der Waals surface area contributed by atoms with Crippen molar-refractivity contribution < 1.29 is 50.7 Å². The summed E-state index contributed by atoms with van der Waals surface area (Å²) in [5.74, 6) is -3.73. The molecule has 0 saturated heterocycles. The summed E-state index contributed by atoms with van der Waals surface area (Å²) in [4.78, 5) is 0. The number of aromatic hydroxyl groups is 8. The van der Waals surface area contributed by atoms with E-state index in [-0.39, 0.29) is 46.0 Å². The van der Waals surface area contributed by atoms with Crippen LogP contribution in [0.3, 0.4) is 0 Å². The lowest BCUT2D eigenvalue weighted by Crippen LogP contribution is -2.20. The fourth-order valence-electron chi connectivity index (χ4n) is 8.27. The zero-order valence-electron chi connectivity index (χ0n) is 27.4. The molecule has 10 heteroatoms. The third kappa shape index (κ3) is 5.50. The first kappa shape index (κ1) is 32.7. The van der Waals surface area contributed by atoms with E-state index >= 15 is 0 Å². The van der Waals surface area contributed by atoms with Crippen molar-refractivity contribution in [1.82, 2.24) is 0 Å². The topological polar surface area (TPSA) is 191 Å². The lowest BCUT2D eigenvalue weighted by atomic mass is 9.71. The standard InChI is InChI=1S/C42H34O10/c43-24-7-1-20(2-8-24)35-37-31(16-29(48)18-33(37)50)40(41(51)21-3-9-25(44)10-4-21)39(35)32-17-30(49)19-34-38(32)36(23-13-27(46)15-28(47)14-23)42(52-34)22-5-11-26(45)12-6-22/h1-19,35-36,39-51H/t35-,36+,39+,40+,41-,42-/m0/s1. The minimum absolute atomic E-state index is 0.00277. The number of hydrogen-bond donors (Lipinski definition) is 9. The van der Waals surface area contributed by atoms with Crippen LogP contribution in [-0.2, 0) is 0 Å². The third-order valence-corrected chi connectivity index (χ3v) is 10.3. The van der Waals surface area contributed by atoms with Crippen LogP contribution in [0.15, 0.2) is 115 Å². The first-order chi connectivity index (χ1) is 25.0. The minimum atomic E-state index is -1.27. The van der Waals surface area contributed by atoms with Gasteiger partial charge in [0, 0.05) is 47.1 Å². The van der Waals surface area contributed by atoms with Crippen molar-refractivity contribution in [3.8, 4) is 51.7 Å². The van der Waals surface area contributed by atoms with E-state index in [2.05, 4.69) is 0 Å². The Kier molecular flexibility index (Phi) is 7.77. The molecule has 10 nitrogen and oxygen atoms in total. The molecule has 0 amide bonds. The monoisotopic (exact) mass is 698 g/mol. The van der Waals surface area contributed by atoms with Crippen molar-refractivity contribution >= 4 is 0 Å². The van der Waals surface area contributed by atoms with Crippen molar-refractivity contribution in [1.29, 1.82) is 0 Å². The summed E-state index contributed by atoms with van der Waals surface area (Å²) in [7, 11) is 0. The summed E-state index contributed by atoms with van der Waals surface area (Å²) >= 11 is 0. The first-order valence-corrected chi connectivity index (χ1v) is 16.6. The van der Waals surface area contributed by atoms with Crippen LogP contribution in [0.5, 0.6) is 51.7 Å². The second-order valence-corrected chi connectivity index (χ2v) is 13.5. The van der Waals surface area contributed by atoms with Crippen LogP contribution in [0.25, 0.3) is 0 Å². The maximum Gasteiger partial charge on any atom is 0.135 e. The highest BCUT2D eigenvalue weighted by atomic mass is 16.5. The number of aliphatic hydroxyl groups excluding tert-OH is 1. The molecule has 6 atom stereocenters. The van der Waals surface area contributed by atoms with Gasteiger partial charge in [-0.25, -0.2) is 0 Å². The molecular weight excluding hydrogens is 664 g/mol. The predicted molar refractivity (Wildman–Crippen MR) is 189 cm³/mol. The van der Waals surface area contributed by atoms with Gasteiger partial charge in [0.15, 0.2) is 0 Å². The van der Waals surface area contributed by atoms with E-state index in [1.54, 1.807) is 42.5 Å². The fraction of sp³-hybridized carbons (Fsp3) is 0.143. The van der Waals surface area contributed by atoms with E-state index in [1.807, 2.05) is 0 Å². The lowest BCUT2D eigenvalue weighted by molar-refractivity contribution is 0.134. The second-order valence-electron chi connectivity index (χ2n) is 13.5. The van der Waals surface area contributed by atoms with E-state index in [0.29, 0.717) is 50.3 Å². The number of aliphatic hydroxyl groups is 1. The zero-order valence-corrected chi connectivity index (χ0v) is 27.4. The average Bonchev–Trinajstić information content (AvgIpc) is 3.65. The highest BCUT2D eigenvalue weighted by Gasteiger charge is 2.51. The number of phenolic OH excluding ortho intramolecular Hbond substituents is 8. The Morgan fingerprint density at radius 2 is 0.962 bits per heavy atom. The smallest absolute Gasteiger partial charge is 0.135 e. The summed E-state index contributed by atoms with van der Waals surface area (Å²) in [6.07, 6.45) is -2.05. The SMILES string of the molecule is Oc1ccc([C@H]2c3c(O)cc(O)cc3[C@@H]([C@@H](O)c3ccc(O)cc3)[C@@H]2c2cc(O)cc3c2[C@@H](c2cc(O)cc(O)c2)[C@H](c2ccc(O)cc2)O3)cc1. The van der Waals surface area contributed by atoms with Crippen LogP contribution in [0.4, 0.5) is 0 Å². The van der Waals surface area contributed by atoms with Crippen LogP contribution < -0.4 is 4.74 Å². The Morgan fingerprint density at radius 1 is 0.442 bits per heavy atom. The highest BCUT2D eigenvalue weighted by molar-refractivity contribution is 5.65. The number of benzene rings is 6. The Hall–Kier alpha value is -6.52. The zero-order chi connectivity index (χ0) is 36.4. The summed E-state index contributed by atoms with van der Waals surface area (Å²) in [6, 6.07) is 29.0. The number of rotatable bonds is 6. The third-order valence-electron chi connectivity index (χ3n) is 10.3. The molecular formula is C42H34O10. The van der Waals surface area contributed by atoms with Gasteiger partial charge in [-0.05, 0) is 94.0 Å². The molecule has 8 rings (SSSR count). The van der Waals surface area contributed by atoms with Crippen LogP contribution in [0.1, 0.15) is 80.4 Å². The molecule has 52 heavy (non-hydrogen) atoms. The highest BCUT2D eigenvalue weighted by Crippen LogP contribution is 2.65. The summed E-state index contributed by atoms with van der Waals surface area (Å²) in [5.41, 5.74) is 4.19. The Labute approximate surface area is 297 Å². The van der Waals surface area contributed by atoms with Crippen LogP contribution in [0, 0.1) is 0 Å². The van der Waals surface area contributed by atoms with E-state index in [0.717, 1.165) is 0 Å². The van der Waals surface area contributed by atoms with Gasteiger partial charge in [-0.2, -0.15) is 0 Å². The number of ether oxygens (including phenoxy) is 1. The molecule has 6 aromatic carbocycles. The van der Waals surface area contributed by atoms with Crippen molar-refractivity contribution in [2.24, 2.45) is 0 Å². The van der Waals surface area contributed by atoms with Gasteiger partial charge in [-0.3, -0.25) is 0 Å². The maximum absolute atomic E-state index is 12.3. The predicted octanol–water partition coefficient (Wildman–Crippen LogP) is 7.34. The largest absolute Gasteiger partial charge is 0.508 e. The van der Waals surface area contributed by atoms with E-state index in [4.69, 9.17) is 4.74 Å². The van der Waals surface area contributed by atoms with E-state index < -0.39 is 35.9 Å². The average molecular weight is 699 g/mol. The van der Waals surface area contributed by atoms with Crippen molar-refractivity contribution in [3.63, 3.8) is 0 Å². The quantitative estimate of drug-likeness (QED) is 0.0850. The molecule has 1 aliphatic carbocycles. The number of hydrogen-bond acceptors (Lipinski definition) is 10. The van der Waals surface area contributed by atoms with Gasteiger partial charge in [-0.15, -0.1) is 0 Å².